The number of carbonyl (C=O) groups excluding carboxylic acids is 1. The molecule has 0 aromatic carbocycles. The van der Waals surface area contributed by atoms with Crippen LogP contribution in [-0.4, -0.2) is 40.6 Å². The summed E-state index contributed by atoms with van der Waals surface area (Å²) in [5.74, 6) is -1.04. The van der Waals surface area contributed by atoms with Gasteiger partial charge in [-0.25, -0.2) is 9.78 Å². The van der Waals surface area contributed by atoms with Gasteiger partial charge in [0.25, 0.3) is 0 Å². The molecule has 1 rings (SSSR count). The number of carboxylic acid groups (broad SMARTS) is 1. The Bertz CT molecular complexity index is 466. The molecule has 0 aliphatic heterocycles. The van der Waals surface area contributed by atoms with Gasteiger partial charge in [-0.1, -0.05) is 0 Å². The van der Waals surface area contributed by atoms with E-state index in [2.05, 4.69) is 15.6 Å². The maximum Gasteiger partial charge on any atom is 0.355 e. The van der Waals surface area contributed by atoms with E-state index in [0.717, 1.165) is 5.01 Å². The fraction of sp³-hybridized carbons (Fsp3) is 0.615. The molecule has 20 heavy (non-hydrogen) atoms. The van der Waals surface area contributed by atoms with Gasteiger partial charge >= 0.3 is 5.97 Å². The second kappa shape index (κ2) is 7.35. The van der Waals surface area contributed by atoms with Gasteiger partial charge in [0.15, 0.2) is 5.69 Å². The Balaban J connectivity index is 2.19. The summed E-state index contributed by atoms with van der Waals surface area (Å²) in [6.07, 6.45) is 0.978. The quantitative estimate of drug-likeness (QED) is 0.705. The van der Waals surface area contributed by atoms with Gasteiger partial charge in [-0.15, -0.1) is 11.3 Å². The Morgan fingerprint density at radius 3 is 2.60 bits per heavy atom. The van der Waals surface area contributed by atoms with E-state index < -0.39 is 5.97 Å². The standard InChI is InChI=1S/C13H21N3O3S/c1-13(2,3)15-7-4-10(17)14-6-5-11-16-9(8-20-11)12(18)19/h8,15H,4-7H2,1-3H3,(H,14,17)(H,18,19). The van der Waals surface area contributed by atoms with Crippen molar-refractivity contribution >= 4 is 23.2 Å². The zero-order chi connectivity index (χ0) is 15.2. The first kappa shape index (κ1) is 16.6. The van der Waals surface area contributed by atoms with Crippen molar-refractivity contribution in [1.82, 2.24) is 15.6 Å². The molecule has 0 saturated carbocycles. The summed E-state index contributed by atoms with van der Waals surface area (Å²) in [5, 5.41) is 17.0. The van der Waals surface area contributed by atoms with Crippen LogP contribution in [-0.2, 0) is 11.2 Å². The predicted octanol–water partition coefficient (Wildman–Crippen LogP) is 1.28. The number of nitrogens with zero attached hydrogens (tertiary/aromatic N) is 1. The third kappa shape index (κ3) is 6.63. The lowest BCUT2D eigenvalue weighted by Crippen LogP contribution is -2.38. The number of amides is 1. The van der Waals surface area contributed by atoms with Crippen molar-refractivity contribution in [3.05, 3.63) is 16.1 Å². The summed E-state index contributed by atoms with van der Waals surface area (Å²) in [6.45, 7) is 7.25. The van der Waals surface area contributed by atoms with Crippen LogP contribution in [0.4, 0.5) is 0 Å². The van der Waals surface area contributed by atoms with E-state index >= 15 is 0 Å². The lowest BCUT2D eigenvalue weighted by molar-refractivity contribution is -0.121. The van der Waals surface area contributed by atoms with E-state index in [1.54, 1.807) is 0 Å². The molecule has 0 atom stereocenters. The molecule has 0 unspecified atom stereocenters. The Hall–Kier alpha value is -1.47. The summed E-state index contributed by atoms with van der Waals surface area (Å²) >= 11 is 1.30. The molecular weight excluding hydrogens is 278 g/mol. The van der Waals surface area contributed by atoms with E-state index in [-0.39, 0.29) is 17.1 Å². The molecule has 0 radical (unpaired) electrons. The van der Waals surface area contributed by atoms with E-state index in [9.17, 15) is 9.59 Å². The molecule has 0 aliphatic carbocycles. The van der Waals surface area contributed by atoms with Gasteiger partial charge in [-0.3, -0.25) is 4.79 Å². The molecule has 112 valence electrons. The number of carbonyl (C=O) groups is 2. The molecule has 6 nitrogen and oxygen atoms in total. The minimum absolute atomic E-state index is 0.00833. The Morgan fingerprint density at radius 1 is 1.35 bits per heavy atom. The largest absolute Gasteiger partial charge is 0.476 e. The van der Waals surface area contributed by atoms with E-state index in [0.29, 0.717) is 25.9 Å². The third-order valence-electron chi connectivity index (χ3n) is 2.44. The average molecular weight is 299 g/mol. The Labute approximate surface area is 122 Å². The topological polar surface area (TPSA) is 91.3 Å². The molecule has 0 bridgehead atoms. The van der Waals surface area contributed by atoms with Gasteiger partial charge in [0, 0.05) is 36.9 Å². The van der Waals surface area contributed by atoms with Crippen LogP contribution < -0.4 is 10.6 Å². The number of nitrogens with one attached hydrogen (secondary N) is 2. The lowest BCUT2D eigenvalue weighted by atomic mass is 10.1. The zero-order valence-electron chi connectivity index (χ0n) is 12.0. The molecule has 1 amide bonds. The first-order valence-corrected chi connectivity index (χ1v) is 7.35. The van der Waals surface area contributed by atoms with Gasteiger partial charge in [0.2, 0.25) is 5.91 Å². The molecular formula is C13H21N3O3S. The number of hydrogen-bond acceptors (Lipinski definition) is 5. The van der Waals surface area contributed by atoms with Crippen molar-refractivity contribution in [2.45, 2.75) is 39.2 Å². The van der Waals surface area contributed by atoms with E-state index in [1.807, 2.05) is 20.8 Å². The molecule has 0 saturated heterocycles. The zero-order valence-corrected chi connectivity index (χ0v) is 12.8. The van der Waals surface area contributed by atoms with Crippen molar-refractivity contribution in [3.8, 4) is 0 Å². The summed E-state index contributed by atoms with van der Waals surface area (Å²) in [6, 6.07) is 0. The molecule has 0 spiro atoms. The minimum atomic E-state index is -1.02. The monoisotopic (exact) mass is 299 g/mol. The number of thiazole rings is 1. The van der Waals surface area contributed by atoms with E-state index in [1.165, 1.54) is 16.7 Å². The van der Waals surface area contributed by atoms with Crippen molar-refractivity contribution in [2.24, 2.45) is 0 Å². The molecule has 1 aromatic heterocycles. The fourth-order valence-corrected chi connectivity index (χ4v) is 2.24. The van der Waals surface area contributed by atoms with Crippen molar-refractivity contribution < 1.29 is 14.7 Å². The van der Waals surface area contributed by atoms with Gasteiger partial charge in [0.1, 0.15) is 0 Å². The van der Waals surface area contributed by atoms with Crippen LogP contribution in [0.3, 0.4) is 0 Å². The molecule has 1 heterocycles. The summed E-state index contributed by atoms with van der Waals surface area (Å²) in [4.78, 5) is 26.2. The van der Waals surface area contributed by atoms with Crippen molar-refractivity contribution in [1.29, 1.82) is 0 Å². The predicted molar refractivity (Wildman–Crippen MR) is 78.2 cm³/mol. The first-order valence-electron chi connectivity index (χ1n) is 6.47. The van der Waals surface area contributed by atoms with Crippen LogP contribution >= 0.6 is 11.3 Å². The second-order valence-corrected chi connectivity index (χ2v) is 6.40. The minimum Gasteiger partial charge on any atom is -0.476 e. The molecule has 7 heteroatoms. The normalized spacial score (nSPS) is 11.3. The Morgan fingerprint density at radius 2 is 2.05 bits per heavy atom. The van der Waals surface area contributed by atoms with Gasteiger partial charge in [-0.2, -0.15) is 0 Å². The van der Waals surface area contributed by atoms with Gasteiger partial charge in [-0.05, 0) is 20.8 Å². The number of rotatable bonds is 7. The summed E-state index contributed by atoms with van der Waals surface area (Å²) in [5.41, 5.74) is 0.0692. The number of carboxylic acids is 1. The van der Waals surface area contributed by atoms with Crippen LogP contribution in [0, 0.1) is 0 Å². The highest BCUT2D eigenvalue weighted by atomic mass is 32.1. The Kier molecular flexibility index (Phi) is 6.09. The summed E-state index contributed by atoms with van der Waals surface area (Å²) in [7, 11) is 0. The fourth-order valence-electron chi connectivity index (χ4n) is 1.47. The number of hydrogen-bond donors (Lipinski definition) is 3. The van der Waals surface area contributed by atoms with Gasteiger partial charge in [0.05, 0.1) is 5.01 Å². The van der Waals surface area contributed by atoms with Crippen LogP contribution in [0.25, 0.3) is 0 Å². The smallest absolute Gasteiger partial charge is 0.355 e. The molecule has 1 aromatic rings. The van der Waals surface area contributed by atoms with Crippen LogP contribution in [0.2, 0.25) is 0 Å². The third-order valence-corrected chi connectivity index (χ3v) is 3.35. The van der Waals surface area contributed by atoms with Crippen molar-refractivity contribution in [3.63, 3.8) is 0 Å². The lowest BCUT2D eigenvalue weighted by Gasteiger charge is -2.20. The number of aromatic carboxylic acids is 1. The maximum absolute atomic E-state index is 11.6. The first-order chi connectivity index (χ1) is 9.28. The SMILES string of the molecule is CC(C)(C)NCCC(=O)NCCc1nc(C(=O)O)cs1. The van der Waals surface area contributed by atoms with Gasteiger partial charge < -0.3 is 15.7 Å². The van der Waals surface area contributed by atoms with Crippen molar-refractivity contribution in [2.75, 3.05) is 13.1 Å². The van der Waals surface area contributed by atoms with Crippen LogP contribution in [0.1, 0.15) is 42.7 Å². The average Bonchev–Trinajstić information content (AvgIpc) is 2.76. The summed E-state index contributed by atoms with van der Waals surface area (Å²) < 4.78 is 0. The highest BCUT2D eigenvalue weighted by molar-refractivity contribution is 7.09. The second-order valence-electron chi connectivity index (χ2n) is 5.46. The molecule has 0 aliphatic rings. The highest BCUT2D eigenvalue weighted by Gasteiger charge is 2.10. The van der Waals surface area contributed by atoms with Crippen LogP contribution in [0.15, 0.2) is 5.38 Å². The maximum atomic E-state index is 11.6. The highest BCUT2D eigenvalue weighted by Crippen LogP contribution is 2.09. The van der Waals surface area contributed by atoms with E-state index in [4.69, 9.17) is 5.11 Å². The molecule has 0 fully saturated rings. The number of aromatic nitrogens is 1. The van der Waals surface area contributed by atoms with Crippen LogP contribution in [0.5, 0.6) is 0 Å². The molecule has 3 N–H and O–H groups in total.